The molecule has 0 aliphatic heterocycles. The standard InChI is InChI=1S/C19H17BrN6O4/c1-10-16(18(28)12-4-5-15(29-3)13(20)8-12)14(9-21)22-17(10)19-23-25-26(24-19)6-7-30-11(2)27/h4-5,8,22H,6-7H2,1-3H3. The Labute approximate surface area is 179 Å². The summed E-state index contributed by atoms with van der Waals surface area (Å²) in [6.07, 6.45) is 0. The molecule has 0 aliphatic carbocycles. The van der Waals surface area contributed by atoms with Crippen molar-refractivity contribution in [2.24, 2.45) is 0 Å². The van der Waals surface area contributed by atoms with Crippen LogP contribution in [0.4, 0.5) is 0 Å². The van der Waals surface area contributed by atoms with Crippen molar-refractivity contribution in [3.05, 3.63) is 45.1 Å². The number of halogens is 1. The summed E-state index contributed by atoms with van der Waals surface area (Å²) < 4.78 is 10.7. The van der Waals surface area contributed by atoms with E-state index < -0.39 is 5.97 Å². The number of H-pyrrole nitrogens is 1. The molecule has 10 nitrogen and oxygen atoms in total. The van der Waals surface area contributed by atoms with Crippen LogP contribution in [0, 0.1) is 18.3 Å². The minimum atomic E-state index is -0.400. The van der Waals surface area contributed by atoms with Crippen LogP contribution in [-0.4, -0.2) is 50.7 Å². The summed E-state index contributed by atoms with van der Waals surface area (Å²) in [4.78, 5) is 28.1. The van der Waals surface area contributed by atoms with Crippen LogP contribution < -0.4 is 4.74 Å². The lowest BCUT2D eigenvalue weighted by molar-refractivity contribution is -0.141. The van der Waals surface area contributed by atoms with Gasteiger partial charge in [-0.25, -0.2) is 0 Å². The van der Waals surface area contributed by atoms with Crippen LogP contribution in [0.5, 0.6) is 5.75 Å². The summed E-state index contributed by atoms with van der Waals surface area (Å²) in [5.74, 6) is 0.0922. The summed E-state index contributed by atoms with van der Waals surface area (Å²) in [6, 6.07) is 6.95. The number of esters is 1. The second-order valence-corrected chi connectivity index (χ2v) is 7.07. The number of carbonyl (C=O) groups is 2. The minimum absolute atomic E-state index is 0.106. The third-order valence-electron chi connectivity index (χ3n) is 4.28. The first kappa shape index (κ1) is 21.2. The maximum Gasteiger partial charge on any atom is 0.302 e. The number of rotatable bonds is 7. The lowest BCUT2D eigenvalue weighted by Crippen LogP contribution is -2.11. The van der Waals surface area contributed by atoms with E-state index in [4.69, 9.17) is 9.47 Å². The van der Waals surface area contributed by atoms with Gasteiger partial charge in [0, 0.05) is 12.5 Å². The van der Waals surface area contributed by atoms with E-state index in [9.17, 15) is 14.9 Å². The number of aromatic nitrogens is 5. The Kier molecular flexibility index (Phi) is 6.27. The molecule has 0 radical (unpaired) electrons. The predicted molar refractivity (Wildman–Crippen MR) is 108 cm³/mol. The van der Waals surface area contributed by atoms with Crippen molar-refractivity contribution in [2.45, 2.75) is 20.4 Å². The van der Waals surface area contributed by atoms with E-state index in [0.717, 1.165) is 0 Å². The van der Waals surface area contributed by atoms with Crippen LogP contribution in [0.15, 0.2) is 22.7 Å². The molecule has 0 atom stereocenters. The minimum Gasteiger partial charge on any atom is -0.496 e. The van der Waals surface area contributed by atoms with Crippen molar-refractivity contribution in [3.63, 3.8) is 0 Å². The van der Waals surface area contributed by atoms with Crippen LogP contribution in [0.1, 0.15) is 34.1 Å². The van der Waals surface area contributed by atoms with Crippen LogP contribution in [0.2, 0.25) is 0 Å². The third kappa shape index (κ3) is 4.23. The number of benzene rings is 1. The fourth-order valence-corrected chi connectivity index (χ4v) is 3.39. The molecule has 0 bridgehead atoms. The molecule has 0 aliphatic rings. The van der Waals surface area contributed by atoms with Gasteiger partial charge < -0.3 is 14.5 Å². The number of ether oxygens (including phenoxy) is 2. The zero-order valence-corrected chi connectivity index (χ0v) is 18.0. The summed E-state index contributed by atoms with van der Waals surface area (Å²) >= 11 is 3.36. The monoisotopic (exact) mass is 472 g/mol. The average molecular weight is 473 g/mol. The van der Waals surface area contributed by atoms with Gasteiger partial charge in [0.2, 0.25) is 5.82 Å². The molecule has 1 N–H and O–H groups in total. The first-order valence-electron chi connectivity index (χ1n) is 8.78. The first-order valence-corrected chi connectivity index (χ1v) is 9.57. The zero-order valence-electron chi connectivity index (χ0n) is 16.4. The lowest BCUT2D eigenvalue weighted by Gasteiger charge is -2.06. The van der Waals surface area contributed by atoms with Crippen molar-refractivity contribution in [1.29, 1.82) is 5.26 Å². The van der Waals surface area contributed by atoms with Gasteiger partial charge in [-0.05, 0) is 51.8 Å². The summed E-state index contributed by atoms with van der Waals surface area (Å²) in [5, 5.41) is 21.6. The Morgan fingerprint density at radius 3 is 2.77 bits per heavy atom. The Hall–Kier alpha value is -3.52. The van der Waals surface area contributed by atoms with Crippen LogP contribution in [-0.2, 0) is 16.1 Å². The highest BCUT2D eigenvalue weighted by atomic mass is 79.9. The SMILES string of the molecule is COc1ccc(C(=O)c2c(C#N)[nH]c(-c3nnn(CCOC(C)=O)n3)c2C)cc1Br. The number of hydrogen-bond donors (Lipinski definition) is 1. The third-order valence-corrected chi connectivity index (χ3v) is 4.90. The van der Waals surface area contributed by atoms with Crippen LogP contribution >= 0.6 is 15.9 Å². The number of nitrogens with one attached hydrogen (secondary N) is 1. The van der Waals surface area contributed by atoms with Crippen molar-refractivity contribution in [2.75, 3.05) is 13.7 Å². The van der Waals surface area contributed by atoms with Gasteiger partial charge in [-0.2, -0.15) is 10.1 Å². The Balaban J connectivity index is 1.93. The van der Waals surface area contributed by atoms with Gasteiger partial charge in [-0.15, -0.1) is 10.2 Å². The van der Waals surface area contributed by atoms with E-state index in [-0.39, 0.29) is 36.0 Å². The number of hydrogen-bond acceptors (Lipinski definition) is 8. The molecule has 0 unspecified atom stereocenters. The van der Waals surface area contributed by atoms with Gasteiger partial charge in [0.1, 0.15) is 24.1 Å². The molecular formula is C19H17BrN6O4. The largest absolute Gasteiger partial charge is 0.496 e. The summed E-state index contributed by atoms with van der Waals surface area (Å²) in [7, 11) is 1.53. The zero-order chi connectivity index (χ0) is 21.8. The van der Waals surface area contributed by atoms with Gasteiger partial charge in [-0.3, -0.25) is 9.59 Å². The fourth-order valence-electron chi connectivity index (χ4n) is 2.85. The molecule has 2 aromatic heterocycles. The molecule has 154 valence electrons. The van der Waals surface area contributed by atoms with Gasteiger partial charge in [0.15, 0.2) is 5.78 Å². The molecule has 0 fully saturated rings. The van der Waals surface area contributed by atoms with E-state index in [1.165, 1.54) is 18.8 Å². The number of ketones is 1. The molecular weight excluding hydrogens is 456 g/mol. The van der Waals surface area contributed by atoms with Crippen LogP contribution in [0.3, 0.4) is 0 Å². The van der Waals surface area contributed by atoms with E-state index in [0.29, 0.717) is 27.0 Å². The lowest BCUT2D eigenvalue weighted by atomic mass is 9.99. The highest BCUT2D eigenvalue weighted by Crippen LogP contribution is 2.30. The summed E-state index contributed by atoms with van der Waals surface area (Å²) in [5.41, 5.74) is 1.69. The molecule has 0 amide bonds. The highest BCUT2D eigenvalue weighted by molar-refractivity contribution is 9.10. The second kappa shape index (κ2) is 8.87. The Bertz CT molecular complexity index is 1160. The molecule has 3 aromatic rings. The van der Waals surface area contributed by atoms with E-state index in [1.807, 2.05) is 6.07 Å². The Morgan fingerprint density at radius 1 is 1.37 bits per heavy atom. The highest BCUT2D eigenvalue weighted by Gasteiger charge is 2.25. The number of tetrazole rings is 1. The maximum absolute atomic E-state index is 13.1. The molecule has 30 heavy (non-hydrogen) atoms. The van der Waals surface area contributed by atoms with Gasteiger partial charge in [0.25, 0.3) is 0 Å². The smallest absolute Gasteiger partial charge is 0.302 e. The summed E-state index contributed by atoms with van der Waals surface area (Å²) in [6.45, 7) is 3.35. The molecule has 0 saturated carbocycles. The molecule has 0 saturated heterocycles. The number of carbonyl (C=O) groups excluding carboxylic acids is 2. The van der Waals surface area contributed by atoms with Crippen molar-refractivity contribution in [1.82, 2.24) is 25.2 Å². The van der Waals surface area contributed by atoms with Crippen LogP contribution in [0.25, 0.3) is 11.5 Å². The first-order chi connectivity index (χ1) is 14.3. The average Bonchev–Trinajstić information content (AvgIpc) is 3.31. The molecule has 1 aromatic carbocycles. The van der Waals surface area contributed by atoms with Crippen molar-refractivity contribution >= 4 is 27.7 Å². The second-order valence-electron chi connectivity index (χ2n) is 6.21. The molecule has 0 spiro atoms. The predicted octanol–water partition coefficient (Wildman–Crippen LogP) is 2.41. The number of aromatic amines is 1. The topological polar surface area (TPSA) is 136 Å². The van der Waals surface area contributed by atoms with E-state index >= 15 is 0 Å². The Morgan fingerprint density at radius 2 is 2.13 bits per heavy atom. The normalized spacial score (nSPS) is 10.5. The van der Waals surface area contributed by atoms with E-state index in [1.54, 1.807) is 25.1 Å². The van der Waals surface area contributed by atoms with Crippen molar-refractivity contribution in [3.8, 4) is 23.3 Å². The van der Waals surface area contributed by atoms with E-state index in [2.05, 4.69) is 36.3 Å². The van der Waals surface area contributed by atoms with Gasteiger partial charge in [0.05, 0.1) is 29.4 Å². The van der Waals surface area contributed by atoms with Gasteiger partial charge >= 0.3 is 5.97 Å². The molecule has 11 heteroatoms. The van der Waals surface area contributed by atoms with Crippen molar-refractivity contribution < 1.29 is 19.1 Å². The fraction of sp³-hybridized carbons (Fsp3) is 0.263. The number of nitriles is 1. The quantitative estimate of drug-likeness (QED) is 0.408. The number of methoxy groups -OCH3 is 1. The number of nitrogens with zero attached hydrogens (tertiary/aromatic N) is 5. The molecule has 3 rings (SSSR count). The maximum atomic E-state index is 13.1. The molecule has 2 heterocycles. The van der Waals surface area contributed by atoms with Gasteiger partial charge in [-0.1, -0.05) is 0 Å².